The first-order valence-electron chi connectivity index (χ1n) is 9.35. The Kier molecular flexibility index (Phi) is 7.36. The summed E-state index contributed by atoms with van der Waals surface area (Å²) in [4.78, 5) is 16.3. The topological polar surface area (TPSA) is 63.6 Å². The Morgan fingerprint density at radius 2 is 1.79 bits per heavy atom. The maximum atomic E-state index is 12.2. The smallest absolute Gasteiger partial charge is 0.240 e. The molecular formula is C23H22ClN3O2. The minimum atomic E-state index is -0.163. The molecule has 1 amide bonds. The van der Waals surface area contributed by atoms with Crippen molar-refractivity contribution in [1.82, 2.24) is 10.4 Å². The third kappa shape index (κ3) is 6.16. The molecular weight excluding hydrogens is 386 g/mol. The Hall–Kier alpha value is -3.18. The molecule has 6 heteroatoms. The standard InChI is InChI=1S/C23H22ClN3O2/c1-17-16-20(24)9-10-21(17)29-15-5-8-22(28)26-27-23(18-6-3-2-4-7-18)19-11-13-25-14-12-19/h2-4,6-7,9-14,16H,5,8,15H2,1H3,(H,26,28). The molecule has 0 saturated heterocycles. The quantitative estimate of drug-likeness (QED) is 0.332. The van der Waals surface area contributed by atoms with Crippen LogP contribution in [0, 0.1) is 6.92 Å². The lowest BCUT2D eigenvalue weighted by molar-refractivity contribution is -0.121. The molecule has 3 rings (SSSR count). The van der Waals surface area contributed by atoms with Crippen LogP contribution in [0.2, 0.25) is 5.02 Å². The van der Waals surface area contributed by atoms with Crippen LogP contribution in [0.25, 0.3) is 0 Å². The molecule has 0 radical (unpaired) electrons. The van der Waals surface area contributed by atoms with E-state index >= 15 is 0 Å². The van der Waals surface area contributed by atoms with Gasteiger partial charge in [-0.3, -0.25) is 9.78 Å². The first-order chi connectivity index (χ1) is 14.1. The zero-order valence-electron chi connectivity index (χ0n) is 16.1. The highest BCUT2D eigenvalue weighted by atomic mass is 35.5. The van der Waals surface area contributed by atoms with Crippen molar-refractivity contribution < 1.29 is 9.53 Å². The summed E-state index contributed by atoms with van der Waals surface area (Å²) in [7, 11) is 0. The van der Waals surface area contributed by atoms with Gasteiger partial charge in [-0.1, -0.05) is 41.9 Å². The number of aromatic nitrogens is 1. The van der Waals surface area contributed by atoms with Gasteiger partial charge in [0.05, 0.1) is 12.3 Å². The van der Waals surface area contributed by atoms with E-state index in [1.165, 1.54) is 0 Å². The number of nitrogens with one attached hydrogen (secondary N) is 1. The molecule has 1 heterocycles. The van der Waals surface area contributed by atoms with Gasteiger partial charge in [-0.05, 0) is 49.2 Å². The molecule has 5 nitrogen and oxygen atoms in total. The maximum Gasteiger partial charge on any atom is 0.240 e. The number of amides is 1. The first-order valence-corrected chi connectivity index (χ1v) is 9.72. The van der Waals surface area contributed by atoms with E-state index in [0.717, 1.165) is 22.4 Å². The minimum absolute atomic E-state index is 0.163. The highest BCUT2D eigenvalue weighted by molar-refractivity contribution is 6.30. The van der Waals surface area contributed by atoms with Crippen LogP contribution in [0.15, 0.2) is 78.2 Å². The summed E-state index contributed by atoms with van der Waals surface area (Å²) in [5, 5.41) is 5.04. The fourth-order valence-corrected chi connectivity index (χ4v) is 2.99. The van der Waals surface area contributed by atoms with E-state index in [-0.39, 0.29) is 5.91 Å². The Balaban J connectivity index is 1.56. The molecule has 1 aromatic heterocycles. The SMILES string of the molecule is Cc1cc(Cl)ccc1OCCCC(=O)NN=C(c1ccccc1)c1ccncc1. The number of hydrazone groups is 1. The van der Waals surface area contributed by atoms with Gasteiger partial charge in [-0.25, -0.2) is 5.43 Å². The molecule has 0 aliphatic rings. The summed E-state index contributed by atoms with van der Waals surface area (Å²) >= 11 is 5.94. The molecule has 29 heavy (non-hydrogen) atoms. The van der Waals surface area contributed by atoms with E-state index in [9.17, 15) is 4.79 Å². The Labute approximate surface area is 175 Å². The average Bonchev–Trinajstić information content (AvgIpc) is 2.74. The summed E-state index contributed by atoms with van der Waals surface area (Å²) in [6.45, 7) is 2.38. The molecule has 0 saturated carbocycles. The average molecular weight is 408 g/mol. The minimum Gasteiger partial charge on any atom is -0.493 e. The summed E-state index contributed by atoms with van der Waals surface area (Å²) < 4.78 is 5.73. The number of benzene rings is 2. The zero-order valence-corrected chi connectivity index (χ0v) is 16.9. The second-order valence-corrected chi connectivity index (χ2v) is 6.90. The molecule has 148 valence electrons. The van der Waals surface area contributed by atoms with Gasteiger partial charge < -0.3 is 4.74 Å². The number of carbonyl (C=O) groups is 1. The van der Waals surface area contributed by atoms with Crippen molar-refractivity contribution in [2.45, 2.75) is 19.8 Å². The lowest BCUT2D eigenvalue weighted by atomic mass is 10.0. The van der Waals surface area contributed by atoms with Crippen LogP contribution in [0.1, 0.15) is 29.5 Å². The van der Waals surface area contributed by atoms with Crippen molar-refractivity contribution in [3.8, 4) is 5.75 Å². The van der Waals surface area contributed by atoms with Gasteiger partial charge in [-0.2, -0.15) is 5.10 Å². The number of hydrogen-bond acceptors (Lipinski definition) is 4. The third-order valence-electron chi connectivity index (χ3n) is 4.24. The van der Waals surface area contributed by atoms with Crippen molar-refractivity contribution in [3.63, 3.8) is 0 Å². The normalized spacial score (nSPS) is 11.2. The second kappa shape index (κ2) is 10.4. The maximum absolute atomic E-state index is 12.2. The Morgan fingerprint density at radius 3 is 2.52 bits per heavy atom. The Bertz CT molecular complexity index is 934. The second-order valence-electron chi connectivity index (χ2n) is 6.46. The van der Waals surface area contributed by atoms with Gasteiger partial charge >= 0.3 is 0 Å². The van der Waals surface area contributed by atoms with Gasteiger partial charge in [-0.15, -0.1) is 0 Å². The monoisotopic (exact) mass is 407 g/mol. The number of rotatable bonds is 8. The van der Waals surface area contributed by atoms with Gasteiger partial charge in [0.2, 0.25) is 5.91 Å². The van der Waals surface area contributed by atoms with Crippen LogP contribution < -0.4 is 10.2 Å². The van der Waals surface area contributed by atoms with Crippen molar-refractivity contribution in [2.75, 3.05) is 6.61 Å². The van der Waals surface area contributed by atoms with Crippen LogP contribution in [-0.4, -0.2) is 23.2 Å². The van der Waals surface area contributed by atoms with Crippen molar-refractivity contribution in [3.05, 3.63) is 94.8 Å². The van der Waals surface area contributed by atoms with E-state index in [1.54, 1.807) is 18.5 Å². The molecule has 2 aromatic carbocycles. The van der Waals surface area contributed by atoms with Crippen LogP contribution in [0.5, 0.6) is 5.75 Å². The van der Waals surface area contributed by atoms with Gasteiger partial charge in [0.1, 0.15) is 5.75 Å². The van der Waals surface area contributed by atoms with Crippen LogP contribution in [-0.2, 0) is 4.79 Å². The van der Waals surface area contributed by atoms with E-state index in [4.69, 9.17) is 16.3 Å². The van der Waals surface area contributed by atoms with E-state index in [1.807, 2.05) is 61.5 Å². The van der Waals surface area contributed by atoms with E-state index in [0.29, 0.717) is 30.2 Å². The largest absolute Gasteiger partial charge is 0.493 e. The lowest BCUT2D eigenvalue weighted by Gasteiger charge is -2.09. The highest BCUT2D eigenvalue weighted by Gasteiger charge is 2.08. The number of nitrogens with zero attached hydrogens (tertiary/aromatic N) is 2. The first kappa shape index (κ1) is 20.6. The summed E-state index contributed by atoms with van der Waals surface area (Å²) in [6.07, 6.45) is 4.30. The summed E-state index contributed by atoms with van der Waals surface area (Å²) in [5.74, 6) is 0.612. The molecule has 0 aliphatic heterocycles. The van der Waals surface area contributed by atoms with Crippen molar-refractivity contribution in [2.24, 2.45) is 5.10 Å². The molecule has 3 aromatic rings. The van der Waals surface area contributed by atoms with Crippen molar-refractivity contribution >= 4 is 23.2 Å². The molecule has 0 bridgehead atoms. The lowest BCUT2D eigenvalue weighted by Crippen LogP contribution is -2.21. The van der Waals surface area contributed by atoms with Crippen LogP contribution in [0.3, 0.4) is 0 Å². The van der Waals surface area contributed by atoms with Gasteiger partial charge in [0.25, 0.3) is 0 Å². The summed E-state index contributed by atoms with van der Waals surface area (Å²) in [6, 6.07) is 18.9. The number of hydrogen-bond donors (Lipinski definition) is 1. The third-order valence-corrected chi connectivity index (χ3v) is 4.47. The Morgan fingerprint density at radius 1 is 1.07 bits per heavy atom. The van der Waals surface area contributed by atoms with E-state index in [2.05, 4.69) is 15.5 Å². The van der Waals surface area contributed by atoms with Gasteiger partial charge in [0, 0.05) is 35.0 Å². The molecule has 0 atom stereocenters. The number of aryl methyl sites for hydroxylation is 1. The van der Waals surface area contributed by atoms with E-state index < -0.39 is 0 Å². The number of ether oxygens (including phenoxy) is 1. The summed E-state index contributed by atoms with van der Waals surface area (Å²) in [5.41, 5.74) is 6.11. The molecule has 0 aliphatic carbocycles. The fraction of sp³-hybridized carbons (Fsp3) is 0.174. The number of carbonyl (C=O) groups excluding carboxylic acids is 1. The van der Waals surface area contributed by atoms with Crippen molar-refractivity contribution in [1.29, 1.82) is 0 Å². The number of halogens is 1. The fourth-order valence-electron chi connectivity index (χ4n) is 2.77. The molecule has 0 spiro atoms. The van der Waals surface area contributed by atoms with Crippen LogP contribution in [0.4, 0.5) is 0 Å². The molecule has 0 fully saturated rings. The molecule has 1 N–H and O–H groups in total. The highest BCUT2D eigenvalue weighted by Crippen LogP contribution is 2.21. The molecule has 0 unspecified atom stereocenters. The predicted molar refractivity (Wildman–Crippen MR) is 115 cm³/mol. The predicted octanol–water partition coefficient (Wildman–Crippen LogP) is 4.77. The van der Waals surface area contributed by atoms with Crippen LogP contribution >= 0.6 is 11.6 Å². The number of pyridine rings is 1. The van der Waals surface area contributed by atoms with Gasteiger partial charge in [0.15, 0.2) is 0 Å². The zero-order chi connectivity index (χ0) is 20.5.